The van der Waals surface area contributed by atoms with E-state index in [0.29, 0.717) is 13.0 Å². The zero-order chi connectivity index (χ0) is 11.6. The first-order valence-electron chi connectivity index (χ1n) is 5.96. The van der Waals surface area contributed by atoms with Crippen LogP contribution in [0.2, 0.25) is 0 Å². The largest absolute Gasteiger partial charge is 0.374 e. The van der Waals surface area contributed by atoms with E-state index in [1.165, 1.54) is 12.8 Å². The highest BCUT2D eigenvalue weighted by Gasteiger charge is 2.02. The summed E-state index contributed by atoms with van der Waals surface area (Å²) in [7, 11) is 0. The predicted molar refractivity (Wildman–Crippen MR) is 65.5 cm³/mol. The number of ether oxygens (including phenoxy) is 1. The van der Waals surface area contributed by atoms with Gasteiger partial charge in [0.25, 0.3) is 0 Å². The summed E-state index contributed by atoms with van der Waals surface area (Å²) >= 11 is 0. The SMILES string of the molecule is CCCCCOCC(=O)Cc1ccccc1. The molecule has 0 saturated heterocycles. The molecule has 1 rings (SSSR count). The molecular weight excluding hydrogens is 200 g/mol. The van der Waals surface area contributed by atoms with E-state index in [2.05, 4.69) is 6.92 Å². The lowest BCUT2D eigenvalue weighted by atomic mass is 10.1. The van der Waals surface area contributed by atoms with Crippen molar-refractivity contribution >= 4 is 5.78 Å². The van der Waals surface area contributed by atoms with Gasteiger partial charge in [0.1, 0.15) is 6.61 Å². The number of hydrogen-bond acceptors (Lipinski definition) is 2. The lowest BCUT2D eigenvalue weighted by Gasteiger charge is -2.03. The van der Waals surface area contributed by atoms with Gasteiger partial charge in [-0.15, -0.1) is 0 Å². The van der Waals surface area contributed by atoms with E-state index in [1.54, 1.807) is 0 Å². The maximum Gasteiger partial charge on any atom is 0.162 e. The van der Waals surface area contributed by atoms with Crippen molar-refractivity contribution in [3.63, 3.8) is 0 Å². The molecule has 0 radical (unpaired) electrons. The van der Waals surface area contributed by atoms with Gasteiger partial charge >= 0.3 is 0 Å². The number of ketones is 1. The monoisotopic (exact) mass is 220 g/mol. The maximum atomic E-state index is 11.5. The zero-order valence-corrected chi connectivity index (χ0v) is 9.95. The molecule has 0 aliphatic rings. The van der Waals surface area contributed by atoms with E-state index >= 15 is 0 Å². The van der Waals surface area contributed by atoms with Crippen LogP contribution in [0.15, 0.2) is 30.3 Å². The number of Topliss-reactive ketones (excluding diaryl/α,β-unsaturated/α-hetero) is 1. The summed E-state index contributed by atoms with van der Waals surface area (Å²) in [5.41, 5.74) is 1.06. The van der Waals surface area contributed by atoms with Crippen LogP contribution in [0, 0.1) is 0 Å². The minimum absolute atomic E-state index is 0.155. The Morgan fingerprint density at radius 2 is 1.94 bits per heavy atom. The molecule has 2 nitrogen and oxygen atoms in total. The molecule has 0 bridgehead atoms. The highest BCUT2D eigenvalue weighted by atomic mass is 16.5. The number of carbonyl (C=O) groups excluding carboxylic acids is 1. The third-order valence-electron chi connectivity index (χ3n) is 2.40. The molecule has 0 atom stereocenters. The molecule has 2 heteroatoms. The minimum Gasteiger partial charge on any atom is -0.374 e. The molecule has 0 aliphatic heterocycles. The van der Waals surface area contributed by atoms with Crippen LogP contribution in [0.5, 0.6) is 0 Å². The smallest absolute Gasteiger partial charge is 0.162 e. The van der Waals surface area contributed by atoms with E-state index in [0.717, 1.165) is 12.0 Å². The minimum atomic E-state index is 0.155. The van der Waals surface area contributed by atoms with Crippen molar-refractivity contribution in [3.8, 4) is 0 Å². The van der Waals surface area contributed by atoms with Gasteiger partial charge in [0.15, 0.2) is 5.78 Å². The highest BCUT2D eigenvalue weighted by molar-refractivity contribution is 5.81. The van der Waals surface area contributed by atoms with Gasteiger partial charge in [0.05, 0.1) is 0 Å². The second-order valence-corrected chi connectivity index (χ2v) is 3.96. The average Bonchev–Trinajstić information content (AvgIpc) is 2.30. The molecule has 0 spiro atoms. The molecule has 1 aromatic carbocycles. The lowest BCUT2D eigenvalue weighted by molar-refractivity contribution is -0.122. The second kappa shape index (κ2) is 8.05. The Hall–Kier alpha value is -1.15. The molecule has 0 aromatic heterocycles. The quantitative estimate of drug-likeness (QED) is 0.629. The van der Waals surface area contributed by atoms with Crippen LogP contribution < -0.4 is 0 Å². The fourth-order valence-electron chi connectivity index (χ4n) is 1.51. The Bertz CT molecular complexity index is 293. The van der Waals surface area contributed by atoms with E-state index in [4.69, 9.17) is 4.74 Å². The molecule has 0 fully saturated rings. The zero-order valence-electron chi connectivity index (χ0n) is 9.95. The summed E-state index contributed by atoms with van der Waals surface area (Å²) in [4.78, 5) is 11.5. The molecule has 0 heterocycles. The summed E-state index contributed by atoms with van der Waals surface area (Å²) in [6.07, 6.45) is 3.89. The van der Waals surface area contributed by atoms with Crippen LogP contribution >= 0.6 is 0 Å². The van der Waals surface area contributed by atoms with Crippen molar-refractivity contribution in [2.45, 2.75) is 32.6 Å². The Morgan fingerprint density at radius 3 is 2.62 bits per heavy atom. The number of carbonyl (C=O) groups is 1. The first-order chi connectivity index (χ1) is 7.83. The van der Waals surface area contributed by atoms with Crippen molar-refractivity contribution in [1.29, 1.82) is 0 Å². The number of rotatable bonds is 8. The van der Waals surface area contributed by atoms with E-state index < -0.39 is 0 Å². The van der Waals surface area contributed by atoms with E-state index in [1.807, 2.05) is 30.3 Å². The predicted octanol–water partition coefficient (Wildman–Crippen LogP) is 3.01. The van der Waals surface area contributed by atoms with Gasteiger partial charge in [0.2, 0.25) is 0 Å². The molecule has 0 unspecified atom stereocenters. The first kappa shape index (κ1) is 12.9. The molecule has 16 heavy (non-hydrogen) atoms. The fourth-order valence-corrected chi connectivity index (χ4v) is 1.51. The van der Waals surface area contributed by atoms with Gasteiger partial charge in [0, 0.05) is 13.0 Å². The molecule has 0 aliphatic carbocycles. The van der Waals surface area contributed by atoms with E-state index in [-0.39, 0.29) is 12.4 Å². The van der Waals surface area contributed by atoms with Gasteiger partial charge in [-0.2, -0.15) is 0 Å². The van der Waals surface area contributed by atoms with Crippen molar-refractivity contribution in [3.05, 3.63) is 35.9 Å². The molecular formula is C14H20O2. The number of hydrogen-bond donors (Lipinski definition) is 0. The summed E-state index contributed by atoms with van der Waals surface area (Å²) < 4.78 is 5.32. The van der Waals surface area contributed by atoms with Crippen molar-refractivity contribution in [1.82, 2.24) is 0 Å². The Kier molecular flexibility index (Phi) is 6.50. The van der Waals surface area contributed by atoms with Gasteiger partial charge in [-0.05, 0) is 12.0 Å². The fraction of sp³-hybridized carbons (Fsp3) is 0.500. The lowest BCUT2D eigenvalue weighted by Crippen LogP contribution is -2.12. The van der Waals surface area contributed by atoms with Gasteiger partial charge in [-0.25, -0.2) is 0 Å². The summed E-state index contributed by atoms with van der Waals surface area (Å²) in [5.74, 6) is 0.155. The number of benzene rings is 1. The topological polar surface area (TPSA) is 26.3 Å². The van der Waals surface area contributed by atoms with Gasteiger partial charge < -0.3 is 4.74 Å². The molecule has 0 amide bonds. The Morgan fingerprint density at radius 1 is 1.19 bits per heavy atom. The van der Waals surface area contributed by atoms with Crippen LogP contribution in [0.4, 0.5) is 0 Å². The van der Waals surface area contributed by atoms with Gasteiger partial charge in [-0.1, -0.05) is 50.1 Å². The van der Waals surface area contributed by atoms with Crippen LogP contribution in [-0.2, 0) is 16.0 Å². The molecule has 88 valence electrons. The Balaban J connectivity index is 2.12. The van der Waals surface area contributed by atoms with Crippen LogP contribution in [-0.4, -0.2) is 19.0 Å². The standard InChI is InChI=1S/C14H20O2/c1-2-3-7-10-16-12-14(15)11-13-8-5-4-6-9-13/h4-6,8-9H,2-3,7,10-12H2,1H3. The van der Waals surface area contributed by atoms with E-state index in [9.17, 15) is 4.79 Å². The molecule has 0 saturated carbocycles. The maximum absolute atomic E-state index is 11.5. The Labute approximate surface area is 97.6 Å². The van der Waals surface area contributed by atoms with Crippen molar-refractivity contribution in [2.24, 2.45) is 0 Å². The summed E-state index contributed by atoms with van der Waals surface area (Å²) in [6, 6.07) is 9.79. The average molecular weight is 220 g/mol. The van der Waals surface area contributed by atoms with Crippen LogP contribution in [0.25, 0.3) is 0 Å². The molecule has 0 N–H and O–H groups in total. The first-order valence-corrected chi connectivity index (χ1v) is 5.96. The van der Waals surface area contributed by atoms with Crippen molar-refractivity contribution in [2.75, 3.05) is 13.2 Å². The molecule has 1 aromatic rings. The summed E-state index contributed by atoms with van der Waals surface area (Å²) in [6.45, 7) is 3.10. The third kappa shape index (κ3) is 5.66. The third-order valence-corrected chi connectivity index (χ3v) is 2.40. The second-order valence-electron chi connectivity index (χ2n) is 3.96. The van der Waals surface area contributed by atoms with Crippen LogP contribution in [0.3, 0.4) is 0 Å². The normalized spacial score (nSPS) is 10.3. The van der Waals surface area contributed by atoms with Crippen LogP contribution in [0.1, 0.15) is 31.7 Å². The number of unbranched alkanes of at least 4 members (excludes halogenated alkanes) is 2. The van der Waals surface area contributed by atoms with Crippen molar-refractivity contribution < 1.29 is 9.53 Å². The highest BCUT2D eigenvalue weighted by Crippen LogP contribution is 2.01. The van der Waals surface area contributed by atoms with Gasteiger partial charge in [-0.3, -0.25) is 4.79 Å². The summed E-state index contributed by atoms with van der Waals surface area (Å²) in [5, 5.41) is 0.